The molecule has 0 saturated heterocycles. The fourth-order valence-electron chi connectivity index (χ4n) is 2.18. The molecule has 1 aliphatic rings. The molecule has 0 aliphatic heterocycles. The van der Waals surface area contributed by atoms with Gasteiger partial charge in [-0.3, -0.25) is 4.90 Å². The second-order valence-corrected chi connectivity index (χ2v) is 5.29. The first-order valence-electron chi connectivity index (χ1n) is 6.48. The minimum absolute atomic E-state index is 0.0538. The van der Waals surface area contributed by atoms with E-state index in [0.717, 1.165) is 24.0 Å². The number of halogens is 3. The average Bonchev–Trinajstić information content (AvgIpc) is 3.10. The van der Waals surface area contributed by atoms with Crippen molar-refractivity contribution < 1.29 is 13.2 Å². The number of hydrogen-bond acceptors (Lipinski definition) is 2. The molecule has 0 bridgehead atoms. The zero-order valence-electron chi connectivity index (χ0n) is 11.0. The highest BCUT2D eigenvalue weighted by molar-refractivity contribution is 5.24. The van der Waals surface area contributed by atoms with Gasteiger partial charge in [-0.15, -0.1) is 0 Å². The van der Waals surface area contributed by atoms with Crippen LogP contribution in [0.1, 0.15) is 30.0 Å². The van der Waals surface area contributed by atoms with Crippen molar-refractivity contribution in [2.24, 2.45) is 5.73 Å². The van der Waals surface area contributed by atoms with Gasteiger partial charge in [0, 0.05) is 18.6 Å². The molecule has 0 heterocycles. The van der Waals surface area contributed by atoms with Gasteiger partial charge in [-0.05, 0) is 25.3 Å². The van der Waals surface area contributed by atoms with Crippen molar-refractivity contribution in [2.75, 3.05) is 13.1 Å². The van der Waals surface area contributed by atoms with Crippen LogP contribution >= 0.6 is 0 Å². The van der Waals surface area contributed by atoms with Gasteiger partial charge in [-0.2, -0.15) is 13.2 Å². The Morgan fingerprint density at radius 2 is 1.84 bits per heavy atom. The molecular weight excluding hydrogens is 253 g/mol. The first-order valence-corrected chi connectivity index (χ1v) is 6.48. The van der Waals surface area contributed by atoms with Gasteiger partial charge < -0.3 is 5.73 Å². The van der Waals surface area contributed by atoms with Gasteiger partial charge in [-0.1, -0.05) is 29.8 Å². The topological polar surface area (TPSA) is 29.3 Å². The number of hydrogen-bond donors (Lipinski definition) is 1. The van der Waals surface area contributed by atoms with Gasteiger partial charge in [0.05, 0.1) is 6.54 Å². The molecule has 1 aromatic rings. The SMILES string of the molecule is Cc1ccc(C(N)CN(CC(F)(F)F)C2CC2)cc1. The van der Waals surface area contributed by atoms with Crippen LogP contribution in [-0.4, -0.2) is 30.2 Å². The zero-order valence-corrected chi connectivity index (χ0v) is 11.0. The van der Waals surface area contributed by atoms with Crippen molar-refractivity contribution in [1.82, 2.24) is 4.90 Å². The minimum atomic E-state index is -4.16. The predicted octanol–water partition coefficient (Wildman–Crippen LogP) is 3.02. The summed E-state index contributed by atoms with van der Waals surface area (Å²) >= 11 is 0. The van der Waals surface area contributed by atoms with Crippen LogP contribution in [-0.2, 0) is 0 Å². The molecule has 1 unspecified atom stereocenters. The zero-order chi connectivity index (χ0) is 14.0. The maximum atomic E-state index is 12.5. The molecule has 1 fully saturated rings. The smallest absolute Gasteiger partial charge is 0.323 e. The van der Waals surface area contributed by atoms with Crippen LogP contribution in [0.4, 0.5) is 13.2 Å². The lowest BCUT2D eigenvalue weighted by atomic mass is 10.1. The van der Waals surface area contributed by atoms with E-state index in [0.29, 0.717) is 0 Å². The molecule has 1 saturated carbocycles. The molecule has 1 atom stereocenters. The fourth-order valence-corrected chi connectivity index (χ4v) is 2.18. The normalized spacial score (nSPS) is 17.8. The summed E-state index contributed by atoms with van der Waals surface area (Å²) in [7, 11) is 0. The van der Waals surface area contributed by atoms with E-state index in [4.69, 9.17) is 5.73 Å². The Morgan fingerprint density at radius 3 is 2.32 bits per heavy atom. The summed E-state index contributed by atoms with van der Waals surface area (Å²) in [5.74, 6) is 0. The molecule has 1 aliphatic carbocycles. The molecule has 2 rings (SSSR count). The van der Waals surface area contributed by atoms with Crippen molar-refractivity contribution in [3.63, 3.8) is 0 Å². The molecule has 1 aromatic carbocycles. The maximum Gasteiger partial charge on any atom is 0.401 e. The maximum absolute atomic E-state index is 12.5. The molecule has 0 amide bonds. The van der Waals surface area contributed by atoms with Crippen LogP contribution in [0.15, 0.2) is 24.3 Å². The van der Waals surface area contributed by atoms with E-state index in [1.54, 1.807) is 0 Å². The van der Waals surface area contributed by atoms with Gasteiger partial charge in [-0.25, -0.2) is 0 Å². The van der Waals surface area contributed by atoms with Crippen LogP contribution in [0.25, 0.3) is 0 Å². The molecular formula is C14H19F3N2. The Morgan fingerprint density at radius 1 is 1.26 bits per heavy atom. The highest BCUT2D eigenvalue weighted by Crippen LogP contribution is 2.31. The molecule has 2 N–H and O–H groups in total. The van der Waals surface area contributed by atoms with Crippen LogP contribution in [0.3, 0.4) is 0 Å². The van der Waals surface area contributed by atoms with E-state index in [1.165, 1.54) is 4.90 Å². The lowest BCUT2D eigenvalue weighted by Gasteiger charge is -2.26. The Hall–Kier alpha value is -1.07. The van der Waals surface area contributed by atoms with Crippen molar-refractivity contribution in [2.45, 2.75) is 38.0 Å². The third-order valence-corrected chi connectivity index (χ3v) is 3.38. The second kappa shape index (κ2) is 5.51. The number of benzene rings is 1. The summed E-state index contributed by atoms with van der Waals surface area (Å²) < 4.78 is 37.6. The molecule has 19 heavy (non-hydrogen) atoms. The van der Waals surface area contributed by atoms with Crippen molar-refractivity contribution >= 4 is 0 Å². The number of alkyl halides is 3. The summed E-state index contributed by atoms with van der Waals surface area (Å²) in [4.78, 5) is 1.46. The van der Waals surface area contributed by atoms with Crippen molar-refractivity contribution in [3.05, 3.63) is 35.4 Å². The van der Waals surface area contributed by atoms with Crippen LogP contribution in [0, 0.1) is 6.92 Å². The molecule has 106 valence electrons. The predicted molar refractivity (Wildman–Crippen MR) is 68.8 cm³/mol. The third kappa shape index (κ3) is 4.51. The summed E-state index contributed by atoms with van der Waals surface area (Å²) in [5.41, 5.74) is 8.02. The van der Waals surface area contributed by atoms with Gasteiger partial charge in [0.25, 0.3) is 0 Å². The van der Waals surface area contributed by atoms with Crippen LogP contribution < -0.4 is 5.73 Å². The Balaban J connectivity index is 1.98. The first-order chi connectivity index (χ1) is 8.85. The van der Waals surface area contributed by atoms with Gasteiger partial charge in [0.1, 0.15) is 0 Å². The molecule has 5 heteroatoms. The molecule has 2 nitrogen and oxygen atoms in total. The molecule has 0 aromatic heterocycles. The Bertz CT molecular complexity index is 410. The largest absolute Gasteiger partial charge is 0.401 e. The summed E-state index contributed by atoms with van der Waals surface area (Å²) in [5, 5.41) is 0. The van der Waals surface area contributed by atoms with Gasteiger partial charge in [0.2, 0.25) is 0 Å². The number of nitrogens with zero attached hydrogens (tertiary/aromatic N) is 1. The molecule has 0 spiro atoms. The lowest BCUT2D eigenvalue weighted by molar-refractivity contribution is -0.147. The summed E-state index contributed by atoms with van der Waals surface area (Å²) in [6.45, 7) is 1.36. The third-order valence-electron chi connectivity index (χ3n) is 3.38. The molecule has 0 radical (unpaired) electrons. The van der Waals surface area contributed by atoms with E-state index in [9.17, 15) is 13.2 Å². The lowest BCUT2D eigenvalue weighted by Crippen LogP contribution is -2.40. The van der Waals surface area contributed by atoms with E-state index < -0.39 is 12.7 Å². The summed E-state index contributed by atoms with van der Waals surface area (Å²) in [6, 6.07) is 7.32. The number of nitrogens with two attached hydrogens (primary N) is 1. The van der Waals surface area contributed by atoms with E-state index in [-0.39, 0.29) is 18.6 Å². The quantitative estimate of drug-likeness (QED) is 0.892. The second-order valence-electron chi connectivity index (χ2n) is 5.29. The van der Waals surface area contributed by atoms with Gasteiger partial charge >= 0.3 is 6.18 Å². The first kappa shape index (κ1) is 14.3. The highest BCUT2D eigenvalue weighted by atomic mass is 19.4. The van der Waals surface area contributed by atoms with E-state index in [2.05, 4.69) is 0 Å². The Labute approximate surface area is 111 Å². The standard InChI is InChI=1S/C14H19F3N2/c1-10-2-4-11(5-3-10)13(18)8-19(12-6-7-12)9-14(15,16)17/h2-5,12-13H,6-9,18H2,1H3. The van der Waals surface area contributed by atoms with Gasteiger partial charge in [0.15, 0.2) is 0 Å². The van der Waals surface area contributed by atoms with Crippen LogP contribution in [0.2, 0.25) is 0 Å². The minimum Gasteiger partial charge on any atom is -0.323 e. The van der Waals surface area contributed by atoms with E-state index in [1.807, 2.05) is 31.2 Å². The monoisotopic (exact) mass is 272 g/mol. The Kier molecular flexibility index (Phi) is 4.16. The summed E-state index contributed by atoms with van der Waals surface area (Å²) in [6.07, 6.45) is -2.47. The number of rotatable bonds is 5. The average molecular weight is 272 g/mol. The van der Waals surface area contributed by atoms with Crippen molar-refractivity contribution in [1.29, 1.82) is 0 Å². The van der Waals surface area contributed by atoms with E-state index >= 15 is 0 Å². The fraction of sp³-hybridized carbons (Fsp3) is 0.571. The van der Waals surface area contributed by atoms with Crippen molar-refractivity contribution in [3.8, 4) is 0 Å². The van der Waals surface area contributed by atoms with Crippen LogP contribution in [0.5, 0.6) is 0 Å². The highest BCUT2D eigenvalue weighted by Gasteiger charge is 2.38. The number of aryl methyl sites for hydroxylation is 1.